The molecule has 0 unspecified atom stereocenters. The summed E-state index contributed by atoms with van der Waals surface area (Å²) < 4.78 is 0. The number of hydrogen-bond acceptors (Lipinski definition) is 3. The second kappa shape index (κ2) is 6.89. The average molecular weight is 293 g/mol. The van der Waals surface area contributed by atoms with E-state index in [0.29, 0.717) is 0 Å². The maximum atomic E-state index is 11.9. The van der Waals surface area contributed by atoms with Crippen LogP contribution in [0.5, 0.6) is 0 Å². The number of para-hydroxylation sites is 1. The Morgan fingerprint density at radius 1 is 1.00 bits per heavy atom. The molecule has 0 saturated heterocycles. The molecule has 1 aliphatic carbocycles. The number of carbonyl (C=O) groups is 1. The fourth-order valence-electron chi connectivity index (χ4n) is 2.62. The van der Waals surface area contributed by atoms with Gasteiger partial charge in [-0.3, -0.25) is 4.79 Å². The molecule has 3 rings (SSSR count). The van der Waals surface area contributed by atoms with Crippen LogP contribution in [-0.4, -0.2) is 18.2 Å². The van der Waals surface area contributed by atoms with Crippen molar-refractivity contribution >= 4 is 17.3 Å². The van der Waals surface area contributed by atoms with Crippen molar-refractivity contribution in [1.29, 1.82) is 0 Å². The molecule has 0 heterocycles. The van der Waals surface area contributed by atoms with Gasteiger partial charge in [-0.05, 0) is 37.0 Å². The Morgan fingerprint density at radius 2 is 1.77 bits per heavy atom. The second-order valence-electron chi connectivity index (χ2n) is 5.32. The Morgan fingerprint density at radius 3 is 2.64 bits per heavy atom. The number of rotatable bonds is 4. The van der Waals surface area contributed by atoms with Crippen LogP contribution in [0.25, 0.3) is 0 Å². The number of anilines is 1. The van der Waals surface area contributed by atoms with Crippen LogP contribution in [0.3, 0.4) is 0 Å². The number of aryl methyl sites for hydroxylation is 1. The quantitative estimate of drug-likeness (QED) is 0.852. The van der Waals surface area contributed by atoms with E-state index in [1.54, 1.807) is 0 Å². The van der Waals surface area contributed by atoms with Crippen LogP contribution in [0.15, 0.2) is 59.7 Å². The molecule has 1 aliphatic rings. The van der Waals surface area contributed by atoms with Gasteiger partial charge >= 0.3 is 0 Å². The summed E-state index contributed by atoms with van der Waals surface area (Å²) in [5.74, 6) is -0.139. The summed E-state index contributed by atoms with van der Waals surface area (Å²) in [6.45, 7) is 0.211. The molecule has 0 fully saturated rings. The topological polar surface area (TPSA) is 53.5 Å². The van der Waals surface area contributed by atoms with E-state index >= 15 is 0 Å². The smallest absolute Gasteiger partial charge is 0.259 e. The third kappa shape index (κ3) is 3.52. The standard InChI is InChI=1S/C18H19N3O/c22-18(13-19-15-9-2-1-3-10-15)21-20-17-12-6-8-14-7-4-5-11-16(14)17/h1-5,7,9-11,19H,6,8,12-13H2,(H,21,22)/b20-17-. The Hall–Kier alpha value is -2.62. The van der Waals surface area contributed by atoms with E-state index in [4.69, 9.17) is 0 Å². The predicted octanol–water partition coefficient (Wildman–Crippen LogP) is 2.96. The SMILES string of the molecule is O=C(CNc1ccccc1)N/N=C1/CCCc2ccccc21. The second-order valence-corrected chi connectivity index (χ2v) is 5.32. The molecule has 0 bridgehead atoms. The van der Waals surface area contributed by atoms with Crippen LogP contribution in [0.1, 0.15) is 24.0 Å². The van der Waals surface area contributed by atoms with Crippen molar-refractivity contribution in [2.24, 2.45) is 5.10 Å². The highest BCUT2D eigenvalue weighted by Crippen LogP contribution is 2.21. The zero-order valence-electron chi connectivity index (χ0n) is 12.4. The summed E-state index contributed by atoms with van der Waals surface area (Å²) in [5, 5.41) is 7.38. The van der Waals surface area contributed by atoms with Gasteiger partial charge in [-0.1, -0.05) is 42.5 Å². The van der Waals surface area contributed by atoms with Crippen molar-refractivity contribution < 1.29 is 4.79 Å². The number of hydrazone groups is 1. The molecule has 0 aliphatic heterocycles. The zero-order valence-corrected chi connectivity index (χ0v) is 12.4. The van der Waals surface area contributed by atoms with Crippen molar-refractivity contribution in [3.05, 3.63) is 65.7 Å². The van der Waals surface area contributed by atoms with Gasteiger partial charge < -0.3 is 5.32 Å². The van der Waals surface area contributed by atoms with Crippen molar-refractivity contribution in [3.63, 3.8) is 0 Å². The number of nitrogens with one attached hydrogen (secondary N) is 2. The summed E-state index contributed by atoms with van der Waals surface area (Å²) >= 11 is 0. The molecule has 0 aromatic heterocycles. The Labute approximate surface area is 130 Å². The first-order chi connectivity index (χ1) is 10.8. The van der Waals surface area contributed by atoms with E-state index in [1.807, 2.05) is 42.5 Å². The van der Waals surface area contributed by atoms with Gasteiger partial charge in [0.1, 0.15) is 0 Å². The van der Waals surface area contributed by atoms with Crippen LogP contribution >= 0.6 is 0 Å². The number of carbonyl (C=O) groups excluding carboxylic acids is 1. The Kier molecular flexibility index (Phi) is 4.49. The molecule has 0 spiro atoms. The molecular weight excluding hydrogens is 274 g/mol. The van der Waals surface area contributed by atoms with E-state index in [-0.39, 0.29) is 12.5 Å². The fourth-order valence-corrected chi connectivity index (χ4v) is 2.62. The molecule has 112 valence electrons. The maximum Gasteiger partial charge on any atom is 0.259 e. The molecular formula is C18H19N3O. The summed E-state index contributed by atoms with van der Waals surface area (Å²) in [6.07, 6.45) is 3.07. The number of benzene rings is 2. The number of amides is 1. The van der Waals surface area contributed by atoms with Crippen molar-refractivity contribution in [3.8, 4) is 0 Å². The lowest BCUT2D eigenvalue weighted by atomic mass is 9.90. The first-order valence-corrected chi connectivity index (χ1v) is 7.55. The van der Waals surface area contributed by atoms with Crippen LogP contribution in [0.2, 0.25) is 0 Å². The minimum Gasteiger partial charge on any atom is -0.376 e. The van der Waals surface area contributed by atoms with Gasteiger partial charge in [0.25, 0.3) is 5.91 Å². The van der Waals surface area contributed by atoms with Crippen LogP contribution in [0, 0.1) is 0 Å². The molecule has 4 nitrogen and oxygen atoms in total. The number of hydrogen-bond donors (Lipinski definition) is 2. The van der Waals surface area contributed by atoms with Crippen molar-refractivity contribution in [2.45, 2.75) is 19.3 Å². The van der Waals surface area contributed by atoms with E-state index in [9.17, 15) is 4.79 Å². The van der Waals surface area contributed by atoms with Crippen LogP contribution < -0.4 is 10.7 Å². The minimum absolute atomic E-state index is 0.139. The number of fused-ring (bicyclic) bond motifs is 1. The van der Waals surface area contributed by atoms with Crippen molar-refractivity contribution in [2.75, 3.05) is 11.9 Å². The molecule has 2 aromatic carbocycles. The van der Waals surface area contributed by atoms with Gasteiger partial charge in [0.2, 0.25) is 0 Å². The Bertz CT molecular complexity index is 680. The highest BCUT2D eigenvalue weighted by atomic mass is 16.2. The summed E-state index contributed by atoms with van der Waals surface area (Å²) in [6, 6.07) is 17.9. The normalized spacial score (nSPS) is 15.2. The predicted molar refractivity (Wildman–Crippen MR) is 89.0 cm³/mol. The molecule has 0 atom stereocenters. The van der Waals surface area contributed by atoms with E-state index in [0.717, 1.165) is 36.2 Å². The number of nitrogens with zero attached hydrogens (tertiary/aromatic N) is 1. The largest absolute Gasteiger partial charge is 0.376 e. The summed E-state index contributed by atoms with van der Waals surface area (Å²) in [7, 11) is 0. The van der Waals surface area contributed by atoms with Gasteiger partial charge in [0, 0.05) is 11.3 Å². The highest BCUT2D eigenvalue weighted by Gasteiger charge is 2.14. The Balaban J connectivity index is 1.59. The third-order valence-corrected chi connectivity index (χ3v) is 3.73. The maximum absolute atomic E-state index is 11.9. The van der Waals surface area contributed by atoms with Gasteiger partial charge in [-0.25, -0.2) is 5.43 Å². The minimum atomic E-state index is -0.139. The lowest BCUT2D eigenvalue weighted by Crippen LogP contribution is -2.27. The zero-order chi connectivity index (χ0) is 15.2. The third-order valence-electron chi connectivity index (χ3n) is 3.73. The first kappa shape index (κ1) is 14.3. The molecule has 0 radical (unpaired) electrons. The van der Waals surface area contributed by atoms with Gasteiger partial charge in [0.05, 0.1) is 12.3 Å². The van der Waals surface area contributed by atoms with E-state index in [1.165, 1.54) is 5.56 Å². The van der Waals surface area contributed by atoms with E-state index < -0.39 is 0 Å². The first-order valence-electron chi connectivity index (χ1n) is 7.55. The summed E-state index contributed by atoms with van der Waals surface area (Å²) in [5.41, 5.74) is 7.01. The fraction of sp³-hybridized carbons (Fsp3) is 0.222. The van der Waals surface area contributed by atoms with Gasteiger partial charge in [0.15, 0.2) is 0 Å². The molecule has 4 heteroatoms. The van der Waals surface area contributed by atoms with Gasteiger partial charge in [-0.2, -0.15) is 5.10 Å². The molecule has 2 N–H and O–H groups in total. The molecule has 2 aromatic rings. The van der Waals surface area contributed by atoms with E-state index in [2.05, 4.69) is 28.0 Å². The van der Waals surface area contributed by atoms with Crippen LogP contribution in [0.4, 0.5) is 5.69 Å². The van der Waals surface area contributed by atoms with Crippen molar-refractivity contribution in [1.82, 2.24) is 5.43 Å². The molecule has 22 heavy (non-hydrogen) atoms. The monoisotopic (exact) mass is 293 g/mol. The molecule has 0 saturated carbocycles. The lowest BCUT2D eigenvalue weighted by molar-refractivity contribution is -0.119. The molecule has 1 amide bonds. The van der Waals surface area contributed by atoms with Gasteiger partial charge in [-0.15, -0.1) is 0 Å². The highest BCUT2D eigenvalue weighted by molar-refractivity contribution is 6.03. The summed E-state index contributed by atoms with van der Waals surface area (Å²) in [4.78, 5) is 11.9. The average Bonchev–Trinajstić information content (AvgIpc) is 2.59. The lowest BCUT2D eigenvalue weighted by Gasteiger charge is -2.17. The van der Waals surface area contributed by atoms with Crippen LogP contribution in [-0.2, 0) is 11.2 Å².